The standard InChI is InChI=1S/C44H83NO5/c1-3-5-7-9-11-13-14-15-16-17-18-19-20-21-22-24-26-31-35-39-44(49)50-41(36-32-28-25-23-12-10-8-6-4-2)37-33-29-27-30-34-38-42(46)45-40-43(47)48/h15-16,41H,3-14,17-40H2,1-2H3,(H,45,46)(H,47,48)/b16-15-. The highest BCUT2D eigenvalue weighted by molar-refractivity contribution is 5.80. The molecular weight excluding hydrogens is 622 g/mol. The van der Waals surface area contributed by atoms with Gasteiger partial charge < -0.3 is 15.2 Å². The van der Waals surface area contributed by atoms with Crippen molar-refractivity contribution in [1.82, 2.24) is 5.32 Å². The summed E-state index contributed by atoms with van der Waals surface area (Å²) in [6, 6.07) is 0. The lowest BCUT2D eigenvalue weighted by molar-refractivity contribution is -0.150. The molecule has 294 valence electrons. The van der Waals surface area contributed by atoms with Crippen LogP contribution in [0.1, 0.15) is 239 Å². The van der Waals surface area contributed by atoms with Gasteiger partial charge in [0.15, 0.2) is 0 Å². The van der Waals surface area contributed by atoms with Gasteiger partial charge in [-0.1, -0.05) is 174 Å². The molecule has 50 heavy (non-hydrogen) atoms. The summed E-state index contributed by atoms with van der Waals surface area (Å²) in [5, 5.41) is 11.1. The van der Waals surface area contributed by atoms with Gasteiger partial charge in [0.1, 0.15) is 12.6 Å². The third-order valence-corrected chi connectivity index (χ3v) is 9.94. The summed E-state index contributed by atoms with van der Waals surface area (Å²) in [6.07, 6.45) is 46.3. The fourth-order valence-corrected chi connectivity index (χ4v) is 6.69. The fourth-order valence-electron chi connectivity index (χ4n) is 6.69. The van der Waals surface area contributed by atoms with Crippen LogP contribution in [0.5, 0.6) is 0 Å². The molecule has 0 aromatic heterocycles. The summed E-state index contributed by atoms with van der Waals surface area (Å²) in [6.45, 7) is 4.23. The number of rotatable bonds is 40. The summed E-state index contributed by atoms with van der Waals surface area (Å²) >= 11 is 0. The molecule has 0 aliphatic rings. The van der Waals surface area contributed by atoms with Crippen molar-refractivity contribution in [1.29, 1.82) is 0 Å². The summed E-state index contributed by atoms with van der Waals surface area (Å²) < 4.78 is 6.02. The zero-order valence-corrected chi connectivity index (χ0v) is 33.3. The van der Waals surface area contributed by atoms with Crippen molar-refractivity contribution in [2.45, 2.75) is 245 Å². The average molecular weight is 706 g/mol. The van der Waals surface area contributed by atoms with Crippen LogP contribution in [-0.2, 0) is 19.1 Å². The van der Waals surface area contributed by atoms with Gasteiger partial charge in [0.25, 0.3) is 0 Å². The average Bonchev–Trinajstić information content (AvgIpc) is 3.10. The van der Waals surface area contributed by atoms with E-state index in [0.717, 1.165) is 64.2 Å². The number of aliphatic carboxylic acids is 1. The van der Waals surface area contributed by atoms with Crippen LogP contribution in [0.15, 0.2) is 12.2 Å². The van der Waals surface area contributed by atoms with E-state index in [1.54, 1.807) is 0 Å². The van der Waals surface area contributed by atoms with Crippen molar-refractivity contribution in [2.75, 3.05) is 6.54 Å². The first-order chi connectivity index (χ1) is 24.5. The smallest absolute Gasteiger partial charge is 0.322 e. The predicted octanol–water partition coefficient (Wildman–Crippen LogP) is 13.3. The second-order valence-corrected chi connectivity index (χ2v) is 15.0. The minimum absolute atomic E-state index is 0.0145. The Labute approximate surface area is 310 Å². The highest BCUT2D eigenvalue weighted by Gasteiger charge is 2.14. The quantitative estimate of drug-likeness (QED) is 0.0376. The number of hydrogen-bond acceptors (Lipinski definition) is 4. The molecule has 0 fully saturated rings. The molecule has 6 nitrogen and oxygen atoms in total. The highest BCUT2D eigenvalue weighted by atomic mass is 16.5. The monoisotopic (exact) mass is 706 g/mol. The number of ether oxygens (including phenoxy) is 1. The molecule has 1 amide bonds. The second-order valence-electron chi connectivity index (χ2n) is 15.0. The second kappa shape index (κ2) is 39.9. The van der Waals surface area contributed by atoms with Crippen LogP contribution in [0, 0.1) is 0 Å². The Morgan fingerprint density at radius 1 is 0.500 bits per heavy atom. The number of esters is 1. The van der Waals surface area contributed by atoms with Crippen LogP contribution in [0.25, 0.3) is 0 Å². The maximum absolute atomic E-state index is 12.7. The van der Waals surface area contributed by atoms with E-state index in [9.17, 15) is 14.4 Å². The summed E-state index contributed by atoms with van der Waals surface area (Å²) in [5.41, 5.74) is 0. The van der Waals surface area contributed by atoms with Crippen molar-refractivity contribution in [3.05, 3.63) is 12.2 Å². The molecule has 0 saturated heterocycles. The predicted molar refractivity (Wildman–Crippen MR) is 213 cm³/mol. The van der Waals surface area contributed by atoms with Gasteiger partial charge in [-0.25, -0.2) is 0 Å². The molecule has 6 heteroatoms. The lowest BCUT2D eigenvalue weighted by Crippen LogP contribution is -2.28. The molecule has 0 rings (SSSR count). The highest BCUT2D eigenvalue weighted by Crippen LogP contribution is 2.19. The maximum atomic E-state index is 12.7. The Morgan fingerprint density at radius 2 is 0.860 bits per heavy atom. The largest absolute Gasteiger partial charge is 0.480 e. The first-order valence-electron chi connectivity index (χ1n) is 21.8. The molecule has 0 bridgehead atoms. The van der Waals surface area contributed by atoms with Gasteiger partial charge in [-0.05, 0) is 64.2 Å². The van der Waals surface area contributed by atoms with E-state index < -0.39 is 5.97 Å². The molecule has 0 radical (unpaired) electrons. The van der Waals surface area contributed by atoms with E-state index in [4.69, 9.17) is 9.84 Å². The summed E-state index contributed by atoms with van der Waals surface area (Å²) in [5.74, 6) is -1.22. The summed E-state index contributed by atoms with van der Waals surface area (Å²) in [7, 11) is 0. The van der Waals surface area contributed by atoms with E-state index >= 15 is 0 Å². The third kappa shape index (κ3) is 38.9. The van der Waals surface area contributed by atoms with Gasteiger partial charge in [-0.2, -0.15) is 0 Å². The minimum atomic E-state index is -1.01. The van der Waals surface area contributed by atoms with E-state index in [0.29, 0.717) is 12.8 Å². The summed E-state index contributed by atoms with van der Waals surface area (Å²) in [4.78, 5) is 35.0. The number of allylic oxidation sites excluding steroid dienone is 2. The zero-order valence-electron chi connectivity index (χ0n) is 33.3. The number of unbranched alkanes of at least 4 members (excludes halogenated alkanes) is 27. The number of carboxylic acids is 1. The molecule has 0 aliphatic carbocycles. The van der Waals surface area contributed by atoms with Crippen molar-refractivity contribution < 1.29 is 24.2 Å². The number of nitrogens with one attached hydrogen (secondary N) is 1. The van der Waals surface area contributed by atoms with Gasteiger partial charge in [0.05, 0.1) is 0 Å². The first-order valence-corrected chi connectivity index (χ1v) is 21.8. The topological polar surface area (TPSA) is 92.7 Å². The molecule has 0 spiro atoms. The van der Waals surface area contributed by atoms with Crippen LogP contribution in [0.4, 0.5) is 0 Å². The molecule has 0 saturated carbocycles. The number of hydrogen-bond donors (Lipinski definition) is 2. The van der Waals surface area contributed by atoms with Gasteiger partial charge in [0.2, 0.25) is 5.91 Å². The van der Waals surface area contributed by atoms with Crippen LogP contribution >= 0.6 is 0 Å². The fraction of sp³-hybridized carbons (Fsp3) is 0.886. The number of amides is 1. The van der Waals surface area contributed by atoms with Crippen LogP contribution in [0.2, 0.25) is 0 Å². The third-order valence-electron chi connectivity index (χ3n) is 9.94. The molecule has 0 aliphatic heterocycles. The van der Waals surface area contributed by atoms with Gasteiger partial charge in [0, 0.05) is 12.8 Å². The maximum Gasteiger partial charge on any atom is 0.322 e. The zero-order chi connectivity index (χ0) is 36.6. The van der Waals surface area contributed by atoms with E-state index in [-0.39, 0.29) is 24.5 Å². The van der Waals surface area contributed by atoms with Crippen molar-refractivity contribution >= 4 is 17.8 Å². The Hall–Kier alpha value is -1.85. The van der Waals surface area contributed by atoms with E-state index in [1.807, 2.05) is 0 Å². The van der Waals surface area contributed by atoms with E-state index in [2.05, 4.69) is 31.3 Å². The molecule has 1 unspecified atom stereocenters. The number of carboxylic acid groups (broad SMARTS) is 1. The number of carbonyl (C=O) groups is 3. The molecule has 1 atom stereocenters. The normalized spacial score (nSPS) is 12.0. The van der Waals surface area contributed by atoms with Crippen LogP contribution in [-0.4, -0.2) is 35.6 Å². The Balaban J connectivity index is 4.01. The van der Waals surface area contributed by atoms with Crippen LogP contribution in [0.3, 0.4) is 0 Å². The molecule has 0 aromatic rings. The molecule has 0 heterocycles. The van der Waals surface area contributed by atoms with E-state index in [1.165, 1.54) is 148 Å². The SMILES string of the molecule is CCCCCCCC/C=C\CCCCCCCCCCCC(=O)OC(CCCCCCCCCCC)CCCCCCCC(=O)NCC(=O)O. The molecule has 2 N–H and O–H groups in total. The van der Waals surface area contributed by atoms with Gasteiger partial charge >= 0.3 is 11.9 Å². The van der Waals surface area contributed by atoms with Crippen molar-refractivity contribution in [2.24, 2.45) is 0 Å². The minimum Gasteiger partial charge on any atom is -0.480 e. The van der Waals surface area contributed by atoms with Crippen LogP contribution < -0.4 is 5.32 Å². The Bertz CT molecular complexity index is 782. The Kier molecular flexibility index (Phi) is 38.5. The molecular formula is C44H83NO5. The van der Waals surface area contributed by atoms with Gasteiger partial charge in [-0.15, -0.1) is 0 Å². The number of carbonyl (C=O) groups excluding carboxylic acids is 2. The molecule has 0 aromatic carbocycles. The lowest BCUT2D eigenvalue weighted by atomic mass is 10.0. The Morgan fingerprint density at radius 3 is 1.28 bits per heavy atom. The van der Waals surface area contributed by atoms with Crippen molar-refractivity contribution in [3.63, 3.8) is 0 Å². The van der Waals surface area contributed by atoms with Crippen molar-refractivity contribution in [3.8, 4) is 0 Å². The lowest BCUT2D eigenvalue weighted by Gasteiger charge is -2.18. The van der Waals surface area contributed by atoms with Gasteiger partial charge in [-0.3, -0.25) is 14.4 Å². The first kappa shape index (κ1) is 48.1.